The second kappa shape index (κ2) is 9.05. The monoisotopic (exact) mass is 379 g/mol. The zero-order valence-electron chi connectivity index (χ0n) is 16.9. The highest BCUT2D eigenvalue weighted by molar-refractivity contribution is 5.87. The molecule has 0 bridgehead atoms. The van der Waals surface area contributed by atoms with Gasteiger partial charge in [-0.3, -0.25) is 9.59 Å². The van der Waals surface area contributed by atoms with Crippen molar-refractivity contribution >= 4 is 11.9 Å². The van der Waals surface area contributed by atoms with Gasteiger partial charge in [0.15, 0.2) is 6.10 Å². The van der Waals surface area contributed by atoms with E-state index in [1.54, 1.807) is 6.92 Å². The second-order valence-electron chi connectivity index (χ2n) is 7.71. The number of likely N-dealkylation sites (tertiary alicyclic amines) is 1. The third kappa shape index (κ3) is 4.44. The van der Waals surface area contributed by atoms with Gasteiger partial charge in [0.1, 0.15) is 5.92 Å². The van der Waals surface area contributed by atoms with Gasteiger partial charge in [0, 0.05) is 12.1 Å². The van der Waals surface area contributed by atoms with Crippen molar-refractivity contribution in [2.75, 3.05) is 0 Å². The average Bonchev–Trinajstić information content (AvgIpc) is 2.69. The Hall–Kier alpha value is -2.62. The van der Waals surface area contributed by atoms with Crippen LogP contribution in [-0.4, -0.2) is 35.0 Å². The van der Waals surface area contributed by atoms with Crippen molar-refractivity contribution in [3.05, 3.63) is 71.8 Å². The Labute approximate surface area is 167 Å². The lowest BCUT2D eigenvalue weighted by atomic mass is 9.91. The summed E-state index contributed by atoms with van der Waals surface area (Å²) in [5.74, 6) is -1.04. The molecule has 2 aromatic rings. The number of rotatable bonds is 5. The fourth-order valence-electron chi connectivity index (χ4n) is 4.11. The Morgan fingerprint density at radius 2 is 1.36 bits per heavy atom. The van der Waals surface area contributed by atoms with Gasteiger partial charge < -0.3 is 9.64 Å². The summed E-state index contributed by atoms with van der Waals surface area (Å²) in [6.45, 7) is 5.82. The molecule has 0 aliphatic carbocycles. The molecule has 0 saturated carbocycles. The minimum Gasteiger partial charge on any atom is -0.452 e. The van der Waals surface area contributed by atoms with Crippen LogP contribution in [0, 0.1) is 0 Å². The molecular weight excluding hydrogens is 350 g/mol. The Morgan fingerprint density at radius 3 is 1.82 bits per heavy atom. The molecule has 2 aromatic carbocycles. The van der Waals surface area contributed by atoms with E-state index in [4.69, 9.17) is 4.74 Å². The van der Waals surface area contributed by atoms with Crippen LogP contribution in [0.3, 0.4) is 0 Å². The van der Waals surface area contributed by atoms with Gasteiger partial charge >= 0.3 is 5.97 Å². The molecule has 0 N–H and O–H groups in total. The van der Waals surface area contributed by atoms with Crippen molar-refractivity contribution < 1.29 is 14.3 Å². The van der Waals surface area contributed by atoms with E-state index in [-0.39, 0.29) is 18.0 Å². The molecule has 3 unspecified atom stereocenters. The number of hydrogen-bond donors (Lipinski definition) is 0. The van der Waals surface area contributed by atoms with E-state index in [9.17, 15) is 9.59 Å². The predicted octanol–water partition coefficient (Wildman–Crippen LogP) is 4.54. The lowest BCUT2D eigenvalue weighted by molar-refractivity contribution is -0.162. The number of esters is 1. The maximum Gasteiger partial charge on any atom is 0.318 e. The molecule has 1 saturated heterocycles. The number of nitrogens with zero attached hydrogens (tertiary/aromatic N) is 1. The van der Waals surface area contributed by atoms with Crippen LogP contribution in [0.4, 0.5) is 0 Å². The average molecular weight is 380 g/mol. The van der Waals surface area contributed by atoms with Crippen LogP contribution in [0.15, 0.2) is 60.7 Å². The zero-order chi connectivity index (χ0) is 20.1. The van der Waals surface area contributed by atoms with E-state index >= 15 is 0 Å². The summed E-state index contributed by atoms with van der Waals surface area (Å²) < 4.78 is 5.70. The first-order valence-corrected chi connectivity index (χ1v) is 10.1. The van der Waals surface area contributed by atoms with Crippen molar-refractivity contribution in [3.63, 3.8) is 0 Å². The van der Waals surface area contributed by atoms with Crippen LogP contribution in [0.1, 0.15) is 57.1 Å². The molecule has 0 spiro atoms. The number of benzene rings is 2. The molecule has 1 aliphatic rings. The fraction of sp³-hybridized carbons (Fsp3) is 0.417. The number of ether oxygens (including phenoxy) is 1. The van der Waals surface area contributed by atoms with Gasteiger partial charge in [-0.1, -0.05) is 60.7 Å². The van der Waals surface area contributed by atoms with Crippen molar-refractivity contribution in [1.82, 2.24) is 4.90 Å². The van der Waals surface area contributed by atoms with Gasteiger partial charge in [-0.2, -0.15) is 0 Å². The summed E-state index contributed by atoms with van der Waals surface area (Å²) in [5, 5.41) is 0. The number of carbonyl (C=O) groups excluding carboxylic acids is 2. The molecule has 1 fully saturated rings. The van der Waals surface area contributed by atoms with Crippen molar-refractivity contribution in [3.8, 4) is 0 Å². The quantitative estimate of drug-likeness (QED) is 0.717. The summed E-state index contributed by atoms with van der Waals surface area (Å²) in [4.78, 5) is 28.0. The van der Waals surface area contributed by atoms with Gasteiger partial charge in [0.2, 0.25) is 0 Å². The first-order valence-electron chi connectivity index (χ1n) is 10.1. The Morgan fingerprint density at radius 1 is 0.893 bits per heavy atom. The SMILES string of the molecule is CC(OC(=O)C(c1ccccc1)c1ccccc1)C(=O)N1C(C)CCCC1C. The molecule has 4 nitrogen and oxygen atoms in total. The first-order chi connectivity index (χ1) is 13.5. The summed E-state index contributed by atoms with van der Waals surface area (Å²) in [6, 6.07) is 19.5. The molecule has 1 aliphatic heterocycles. The standard InChI is InChI=1S/C24H29NO3/c1-17-11-10-12-18(2)25(17)23(26)19(3)28-24(27)22(20-13-6-4-7-14-20)21-15-8-5-9-16-21/h4-9,13-19,22H,10-12H2,1-3H3. The Bertz CT molecular complexity index is 741. The molecule has 0 aromatic heterocycles. The largest absolute Gasteiger partial charge is 0.452 e. The van der Waals surface area contributed by atoms with Crippen LogP contribution in [0.2, 0.25) is 0 Å². The highest BCUT2D eigenvalue weighted by Crippen LogP contribution is 2.28. The second-order valence-corrected chi connectivity index (χ2v) is 7.71. The van der Waals surface area contributed by atoms with Crippen molar-refractivity contribution in [1.29, 1.82) is 0 Å². The van der Waals surface area contributed by atoms with Gasteiger partial charge in [-0.25, -0.2) is 0 Å². The molecule has 1 heterocycles. The molecule has 1 amide bonds. The van der Waals surface area contributed by atoms with E-state index < -0.39 is 18.0 Å². The first kappa shape index (κ1) is 20.1. The smallest absolute Gasteiger partial charge is 0.318 e. The van der Waals surface area contributed by atoms with E-state index in [1.165, 1.54) is 0 Å². The minimum absolute atomic E-state index is 0.104. The van der Waals surface area contributed by atoms with E-state index in [2.05, 4.69) is 13.8 Å². The molecule has 28 heavy (non-hydrogen) atoms. The lowest BCUT2D eigenvalue weighted by Crippen LogP contribution is -2.51. The molecule has 3 rings (SSSR count). The van der Waals surface area contributed by atoms with Crippen LogP contribution in [0.25, 0.3) is 0 Å². The third-order valence-corrected chi connectivity index (χ3v) is 5.59. The number of hydrogen-bond acceptors (Lipinski definition) is 3. The highest BCUT2D eigenvalue weighted by Gasteiger charge is 2.34. The van der Waals surface area contributed by atoms with Crippen LogP contribution in [0.5, 0.6) is 0 Å². The van der Waals surface area contributed by atoms with Crippen LogP contribution >= 0.6 is 0 Å². The minimum atomic E-state index is -0.801. The number of amides is 1. The molecule has 4 heteroatoms. The summed E-state index contributed by atoms with van der Waals surface area (Å²) >= 11 is 0. The van der Waals surface area contributed by atoms with Crippen LogP contribution < -0.4 is 0 Å². The highest BCUT2D eigenvalue weighted by atomic mass is 16.5. The summed E-state index contributed by atoms with van der Waals surface area (Å²) in [5.41, 5.74) is 1.72. The number of piperidine rings is 1. The normalized spacial score (nSPS) is 20.6. The van der Waals surface area contributed by atoms with Gasteiger partial charge in [0.25, 0.3) is 5.91 Å². The summed E-state index contributed by atoms with van der Waals surface area (Å²) in [6.07, 6.45) is 2.32. The van der Waals surface area contributed by atoms with Crippen LogP contribution in [-0.2, 0) is 14.3 Å². The third-order valence-electron chi connectivity index (χ3n) is 5.59. The van der Waals surface area contributed by atoms with E-state index in [0.29, 0.717) is 0 Å². The van der Waals surface area contributed by atoms with Gasteiger partial charge in [-0.05, 0) is 51.2 Å². The van der Waals surface area contributed by atoms with Crippen molar-refractivity contribution in [2.45, 2.75) is 64.1 Å². The number of carbonyl (C=O) groups is 2. The van der Waals surface area contributed by atoms with Crippen molar-refractivity contribution in [2.24, 2.45) is 0 Å². The van der Waals surface area contributed by atoms with E-state index in [0.717, 1.165) is 30.4 Å². The molecule has 3 atom stereocenters. The maximum absolute atomic E-state index is 13.1. The zero-order valence-corrected chi connectivity index (χ0v) is 16.9. The lowest BCUT2D eigenvalue weighted by Gasteiger charge is -2.40. The molecule has 0 radical (unpaired) electrons. The Balaban J connectivity index is 1.79. The molecule has 148 valence electrons. The maximum atomic E-state index is 13.1. The van der Waals surface area contributed by atoms with E-state index in [1.807, 2.05) is 65.6 Å². The Kier molecular flexibility index (Phi) is 6.50. The summed E-state index contributed by atoms with van der Waals surface area (Å²) in [7, 11) is 0. The van der Waals surface area contributed by atoms with Gasteiger partial charge in [-0.15, -0.1) is 0 Å². The van der Waals surface area contributed by atoms with Gasteiger partial charge in [0.05, 0.1) is 0 Å². The molecular formula is C24H29NO3. The topological polar surface area (TPSA) is 46.6 Å². The fourth-order valence-corrected chi connectivity index (χ4v) is 4.11. The predicted molar refractivity (Wildman–Crippen MR) is 110 cm³/mol.